The molecule has 0 aromatic heterocycles. The minimum Gasteiger partial charge on any atom is -0.353 e. The maximum absolute atomic E-state index is 12.2. The summed E-state index contributed by atoms with van der Waals surface area (Å²) in [6.07, 6.45) is 2.99. The van der Waals surface area contributed by atoms with Crippen molar-refractivity contribution in [2.45, 2.75) is 36.6 Å². The first-order valence-electron chi connectivity index (χ1n) is 7.90. The maximum Gasteiger partial charge on any atom is 0.238 e. The third-order valence-corrected chi connectivity index (χ3v) is 5.26. The first-order chi connectivity index (χ1) is 11.4. The van der Waals surface area contributed by atoms with Gasteiger partial charge in [0.15, 0.2) is 0 Å². The van der Waals surface area contributed by atoms with Crippen LogP contribution in [0.2, 0.25) is 0 Å². The molecule has 0 bridgehead atoms. The van der Waals surface area contributed by atoms with Crippen molar-refractivity contribution in [3.8, 4) is 0 Å². The van der Waals surface area contributed by atoms with Gasteiger partial charge in [-0.05, 0) is 48.1 Å². The summed E-state index contributed by atoms with van der Waals surface area (Å²) in [5.41, 5.74) is 3.42. The fraction of sp³-hybridized carbons (Fsp3) is 0.278. The molecule has 1 amide bonds. The Labute approximate surface area is 141 Å². The number of hydrogen-bond acceptors (Lipinski definition) is 3. The van der Waals surface area contributed by atoms with Crippen LogP contribution in [0.3, 0.4) is 0 Å². The lowest BCUT2D eigenvalue weighted by molar-refractivity contribution is -0.121. The molecule has 0 unspecified atom stereocenters. The van der Waals surface area contributed by atoms with Crippen molar-refractivity contribution in [3.63, 3.8) is 0 Å². The van der Waals surface area contributed by atoms with Crippen molar-refractivity contribution in [2.75, 3.05) is 0 Å². The zero-order valence-corrected chi connectivity index (χ0v) is 14.1. The predicted octanol–water partition coefficient (Wildman–Crippen LogP) is 1.55. The molecule has 0 radical (unpaired) electrons. The Bertz CT molecular complexity index is 845. The van der Waals surface area contributed by atoms with Gasteiger partial charge in [0.25, 0.3) is 0 Å². The van der Waals surface area contributed by atoms with Gasteiger partial charge in [-0.3, -0.25) is 4.79 Å². The summed E-state index contributed by atoms with van der Waals surface area (Å²) in [6, 6.07) is 14.6. The summed E-state index contributed by atoms with van der Waals surface area (Å²) in [5.74, 6) is -0.0530. The zero-order valence-electron chi connectivity index (χ0n) is 13.2. The minimum absolute atomic E-state index is 0.0514. The molecule has 1 atom stereocenters. The summed E-state index contributed by atoms with van der Waals surface area (Å²) in [6.45, 7) is 0. The summed E-state index contributed by atoms with van der Waals surface area (Å²) < 4.78 is 22.5. The average Bonchev–Trinajstić information content (AvgIpc) is 2.54. The number of nitrogens with one attached hydrogen (secondary N) is 1. The minimum atomic E-state index is -3.70. The predicted molar refractivity (Wildman–Crippen MR) is 91.9 cm³/mol. The number of fused-ring (bicyclic) bond motifs is 1. The van der Waals surface area contributed by atoms with Gasteiger partial charge in [0.05, 0.1) is 11.3 Å². The van der Waals surface area contributed by atoms with Gasteiger partial charge in [0.2, 0.25) is 15.9 Å². The lowest BCUT2D eigenvalue weighted by atomic mass is 9.88. The second kappa shape index (κ2) is 6.75. The van der Waals surface area contributed by atoms with Crippen molar-refractivity contribution < 1.29 is 13.2 Å². The molecule has 2 aromatic rings. The first kappa shape index (κ1) is 16.7. The summed E-state index contributed by atoms with van der Waals surface area (Å²) in [5, 5.41) is 8.13. The number of sulfonamides is 1. The van der Waals surface area contributed by atoms with Gasteiger partial charge in [0.1, 0.15) is 0 Å². The van der Waals surface area contributed by atoms with Crippen LogP contribution in [0.4, 0.5) is 0 Å². The molecular formula is C18H20N2O3S. The Morgan fingerprint density at radius 3 is 2.42 bits per heavy atom. The SMILES string of the molecule is NS(=O)(=O)c1ccc(CC(=O)N[C@@H]2CCc3ccccc3C2)cc1. The van der Waals surface area contributed by atoms with Gasteiger partial charge in [-0.2, -0.15) is 0 Å². The first-order valence-corrected chi connectivity index (χ1v) is 9.44. The van der Waals surface area contributed by atoms with Gasteiger partial charge in [-0.25, -0.2) is 13.6 Å². The second-order valence-corrected chi connectivity index (χ2v) is 7.70. The number of rotatable bonds is 4. The Balaban J connectivity index is 1.58. The van der Waals surface area contributed by atoms with Crippen LogP contribution in [-0.2, 0) is 34.1 Å². The standard InChI is InChI=1S/C18H20N2O3S/c19-24(22,23)17-9-5-13(6-10-17)11-18(21)20-16-8-7-14-3-1-2-4-15(14)12-16/h1-6,9-10,16H,7-8,11-12H2,(H,20,21)(H2,19,22,23)/t16-/m1/s1. The molecule has 5 nitrogen and oxygen atoms in total. The molecule has 1 aliphatic rings. The number of primary sulfonamides is 1. The molecule has 3 rings (SSSR count). The number of carbonyl (C=O) groups excluding carboxylic acids is 1. The van der Waals surface area contributed by atoms with E-state index in [0.29, 0.717) is 0 Å². The molecule has 3 N–H and O–H groups in total. The van der Waals surface area contributed by atoms with Gasteiger partial charge < -0.3 is 5.32 Å². The Morgan fingerprint density at radius 2 is 1.75 bits per heavy atom. The van der Waals surface area contributed by atoms with Crippen LogP contribution in [-0.4, -0.2) is 20.4 Å². The average molecular weight is 344 g/mol. The van der Waals surface area contributed by atoms with Crippen LogP contribution in [0.25, 0.3) is 0 Å². The van der Waals surface area contributed by atoms with E-state index in [1.807, 2.05) is 12.1 Å². The molecule has 0 saturated heterocycles. The van der Waals surface area contributed by atoms with Gasteiger partial charge in [-0.1, -0.05) is 36.4 Å². The maximum atomic E-state index is 12.2. The van der Waals surface area contributed by atoms with Crippen LogP contribution in [0, 0.1) is 0 Å². The zero-order chi connectivity index (χ0) is 17.2. The number of hydrogen-bond donors (Lipinski definition) is 2. The number of benzene rings is 2. The topological polar surface area (TPSA) is 89.3 Å². The lowest BCUT2D eigenvalue weighted by Crippen LogP contribution is -2.39. The molecule has 2 aromatic carbocycles. The normalized spacial score (nSPS) is 17.1. The third kappa shape index (κ3) is 4.01. The third-order valence-electron chi connectivity index (χ3n) is 4.33. The monoisotopic (exact) mass is 344 g/mol. The van der Waals surface area contributed by atoms with Gasteiger partial charge in [-0.15, -0.1) is 0 Å². The van der Waals surface area contributed by atoms with Crippen molar-refractivity contribution in [1.29, 1.82) is 0 Å². The molecule has 0 saturated carbocycles. The van der Waals surface area contributed by atoms with E-state index >= 15 is 0 Å². The number of aryl methyl sites for hydroxylation is 1. The smallest absolute Gasteiger partial charge is 0.238 e. The highest BCUT2D eigenvalue weighted by Crippen LogP contribution is 2.21. The van der Waals surface area contributed by atoms with E-state index in [9.17, 15) is 13.2 Å². The van der Waals surface area contributed by atoms with E-state index in [1.165, 1.54) is 23.3 Å². The number of carbonyl (C=O) groups is 1. The lowest BCUT2D eigenvalue weighted by Gasteiger charge is -2.25. The van der Waals surface area contributed by atoms with Crippen molar-refractivity contribution in [2.24, 2.45) is 5.14 Å². The highest BCUT2D eigenvalue weighted by Gasteiger charge is 2.19. The van der Waals surface area contributed by atoms with E-state index in [1.54, 1.807) is 12.1 Å². The molecule has 1 aliphatic carbocycles. The number of amides is 1. The molecule has 6 heteroatoms. The second-order valence-electron chi connectivity index (χ2n) is 6.14. The number of nitrogens with two attached hydrogens (primary N) is 1. The Kier molecular flexibility index (Phi) is 4.69. The summed E-state index contributed by atoms with van der Waals surface area (Å²) in [4.78, 5) is 12.3. The van der Waals surface area contributed by atoms with E-state index in [4.69, 9.17) is 5.14 Å². The molecule has 0 spiro atoms. The highest BCUT2D eigenvalue weighted by molar-refractivity contribution is 7.89. The van der Waals surface area contributed by atoms with Crippen LogP contribution >= 0.6 is 0 Å². The highest BCUT2D eigenvalue weighted by atomic mass is 32.2. The van der Waals surface area contributed by atoms with E-state index in [2.05, 4.69) is 17.4 Å². The van der Waals surface area contributed by atoms with E-state index in [-0.39, 0.29) is 23.3 Å². The fourth-order valence-corrected chi connectivity index (χ4v) is 3.60. The van der Waals surface area contributed by atoms with Crippen LogP contribution in [0.1, 0.15) is 23.1 Å². The van der Waals surface area contributed by atoms with Gasteiger partial charge in [0, 0.05) is 6.04 Å². The van der Waals surface area contributed by atoms with Crippen molar-refractivity contribution in [1.82, 2.24) is 5.32 Å². The Hall–Kier alpha value is -2.18. The summed E-state index contributed by atoms with van der Waals surface area (Å²) >= 11 is 0. The molecule has 24 heavy (non-hydrogen) atoms. The van der Waals surface area contributed by atoms with Crippen LogP contribution in [0.15, 0.2) is 53.4 Å². The quantitative estimate of drug-likeness (QED) is 0.882. The van der Waals surface area contributed by atoms with Crippen molar-refractivity contribution >= 4 is 15.9 Å². The van der Waals surface area contributed by atoms with E-state index < -0.39 is 10.0 Å². The molecule has 126 valence electrons. The molecular weight excluding hydrogens is 324 g/mol. The molecule has 0 heterocycles. The fourth-order valence-electron chi connectivity index (χ4n) is 3.08. The molecule has 0 aliphatic heterocycles. The largest absolute Gasteiger partial charge is 0.353 e. The van der Waals surface area contributed by atoms with Crippen LogP contribution in [0.5, 0.6) is 0 Å². The van der Waals surface area contributed by atoms with Crippen molar-refractivity contribution in [3.05, 3.63) is 65.2 Å². The van der Waals surface area contributed by atoms with Crippen LogP contribution < -0.4 is 10.5 Å². The molecule has 0 fully saturated rings. The summed E-state index contributed by atoms with van der Waals surface area (Å²) in [7, 11) is -3.70. The Morgan fingerprint density at radius 1 is 1.08 bits per heavy atom. The van der Waals surface area contributed by atoms with Gasteiger partial charge >= 0.3 is 0 Å². The van der Waals surface area contributed by atoms with E-state index in [0.717, 1.165) is 24.8 Å².